The first-order chi connectivity index (χ1) is 10.7. The smallest absolute Gasteiger partial charge is 0.194 e. The third-order valence-corrected chi connectivity index (χ3v) is 4.84. The van der Waals surface area contributed by atoms with E-state index in [4.69, 9.17) is 0 Å². The van der Waals surface area contributed by atoms with Gasteiger partial charge in [0, 0.05) is 41.9 Å². The van der Waals surface area contributed by atoms with E-state index in [1.165, 1.54) is 0 Å². The summed E-state index contributed by atoms with van der Waals surface area (Å²) in [6, 6.07) is 9.89. The van der Waals surface area contributed by atoms with E-state index in [1.807, 2.05) is 37.3 Å². The number of aliphatic hydroxyl groups is 1. The lowest BCUT2D eigenvalue weighted by atomic mass is 10.2. The molecule has 22 heavy (non-hydrogen) atoms. The number of nitrogens with one attached hydrogen (secondary N) is 1. The maximum Gasteiger partial charge on any atom is 0.194 e. The highest BCUT2D eigenvalue weighted by Gasteiger charge is 2.22. The van der Waals surface area contributed by atoms with Gasteiger partial charge in [-0.25, -0.2) is 0 Å². The predicted octanol–water partition coefficient (Wildman–Crippen LogP) is 0.967. The second-order valence-corrected chi connectivity index (χ2v) is 6.97. The van der Waals surface area contributed by atoms with E-state index >= 15 is 0 Å². The van der Waals surface area contributed by atoms with Crippen LogP contribution in [0.5, 0.6) is 0 Å². The van der Waals surface area contributed by atoms with Crippen molar-refractivity contribution in [3.05, 3.63) is 35.9 Å². The molecule has 6 heteroatoms. The fourth-order valence-corrected chi connectivity index (χ4v) is 3.45. The number of rotatable bonds is 6. The van der Waals surface area contributed by atoms with Crippen LogP contribution >= 0.6 is 0 Å². The van der Waals surface area contributed by atoms with Crippen LogP contribution in [0, 0.1) is 0 Å². The molecule has 2 atom stereocenters. The van der Waals surface area contributed by atoms with Crippen molar-refractivity contribution in [2.75, 3.05) is 31.9 Å². The van der Waals surface area contributed by atoms with E-state index in [1.54, 1.807) is 0 Å². The maximum atomic E-state index is 12.1. The van der Waals surface area contributed by atoms with Crippen molar-refractivity contribution in [3.63, 3.8) is 0 Å². The Hall–Kier alpha value is -1.40. The van der Waals surface area contributed by atoms with E-state index in [2.05, 4.69) is 15.2 Å². The second-order valence-electron chi connectivity index (χ2n) is 5.40. The summed E-state index contributed by atoms with van der Waals surface area (Å²) >= 11 is 0. The molecule has 2 N–H and O–H groups in total. The zero-order valence-electron chi connectivity index (χ0n) is 13.1. The van der Waals surface area contributed by atoms with Gasteiger partial charge in [0.05, 0.1) is 12.6 Å². The van der Waals surface area contributed by atoms with Crippen LogP contribution in [0.1, 0.15) is 18.9 Å². The topological polar surface area (TPSA) is 64.9 Å². The Bertz CT molecular complexity index is 507. The Balaban J connectivity index is 1.81. The number of benzene rings is 1. The number of β-amino-alcohol motifs (C(OH)–C–C–N with tert-alkyl or cyclic N) is 1. The average molecular weight is 323 g/mol. The quantitative estimate of drug-likeness (QED) is 0.605. The van der Waals surface area contributed by atoms with Gasteiger partial charge in [-0.3, -0.25) is 9.20 Å². The summed E-state index contributed by atoms with van der Waals surface area (Å²) in [5.41, 5.74) is 1.10. The van der Waals surface area contributed by atoms with Gasteiger partial charge in [-0.1, -0.05) is 30.3 Å². The number of guanidine groups is 1. The molecule has 0 bridgehead atoms. The Morgan fingerprint density at radius 3 is 2.86 bits per heavy atom. The van der Waals surface area contributed by atoms with Crippen LogP contribution in [-0.2, 0) is 16.6 Å². The molecule has 0 radical (unpaired) electrons. The van der Waals surface area contributed by atoms with Crippen molar-refractivity contribution < 1.29 is 9.32 Å². The van der Waals surface area contributed by atoms with Crippen molar-refractivity contribution in [1.82, 2.24) is 10.2 Å². The first-order valence-corrected chi connectivity index (χ1v) is 9.28. The molecular weight excluding hydrogens is 298 g/mol. The summed E-state index contributed by atoms with van der Waals surface area (Å²) in [4.78, 5) is 6.60. The third kappa shape index (κ3) is 5.42. The third-order valence-electron chi connectivity index (χ3n) is 3.55. The molecule has 122 valence electrons. The zero-order chi connectivity index (χ0) is 15.8. The molecule has 1 aliphatic rings. The van der Waals surface area contributed by atoms with Crippen LogP contribution in [0.2, 0.25) is 0 Å². The van der Waals surface area contributed by atoms with Crippen LogP contribution < -0.4 is 5.32 Å². The summed E-state index contributed by atoms with van der Waals surface area (Å²) in [6.07, 6.45) is 0.515. The van der Waals surface area contributed by atoms with Crippen LogP contribution in [0.4, 0.5) is 0 Å². The molecule has 1 aromatic carbocycles. The summed E-state index contributed by atoms with van der Waals surface area (Å²) in [5, 5.41) is 12.9. The maximum absolute atomic E-state index is 12.1. The molecule has 5 nitrogen and oxygen atoms in total. The molecule has 2 rings (SSSR count). The summed E-state index contributed by atoms with van der Waals surface area (Å²) in [6.45, 7) is 4.79. The summed E-state index contributed by atoms with van der Waals surface area (Å²) in [5.74, 6) is 1.95. The van der Waals surface area contributed by atoms with Gasteiger partial charge in [0.25, 0.3) is 0 Å². The lowest BCUT2D eigenvalue weighted by Crippen LogP contribution is -2.40. The van der Waals surface area contributed by atoms with Crippen LogP contribution in [0.15, 0.2) is 35.3 Å². The van der Waals surface area contributed by atoms with Crippen molar-refractivity contribution in [1.29, 1.82) is 0 Å². The molecule has 1 saturated heterocycles. The van der Waals surface area contributed by atoms with E-state index in [-0.39, 0.29) is 6.10 Å². The SMILES string of the molecule is CCNC(=NCCS(=O)Cc1ccccc1)N1CC[C@@H](O)C1. The number of nitrogens with zero attached hydrogens (tertiary/aromatic N) is 2. The molecule has 1 unspecified atom stereocenters. The highest BCUT2D eigenvalue weighted by atomic mass is 32.2. The van der Waals surface area contributed by atoms with Gasteiger partial charge in [0.2, 0.25) is 0 Å². The first-order valence-electron chi connectivity index (χ1n) is 7.79. The molecular formula is C16H25N3O2S. The molecule has 1 heterocycles. The van der Waals surface area contributed by atoms with Crippen molar-refractivity contribution in [2.24, 2.45) is 4.99 Å². The van der Waals surface area contributed by atoms with Crippen molar-refractivity contribution in [3.8, 4) is 0 Å². The Morgan fingerprint density at radius 1 is 1.45 bits per heavy atom. The van der Waals surface area contributed by atoms with E-state index in [0.717, 1.165) is 31.0 Å². The van der Waals surface area contributed by atoms with Crippen molar-refractivity contribution >= 4 is 16.8 Å². The molecule has 1 aliphatic heterocycles. The molecule has 1 fully saturated rings. The highest BCUT2D eigenvalue weighted by Crippen LogP contribution is 2.09. The molecule has 0 aliphatic carbocycles. The van der Waals surface area contributed by atoms with Gasteiger partial charge < -0.3 is 15.3 Å². The molecule has 0 saturated carbocycles. The highest BCUT2D eigenvalue weighted by molar-refractivity contribution is 7.84. The van der Waals surface area contributed by atoms with Gasteiger partial charge >= 0.3 is 0 Å². The first kappa shape index (κ1) is 17.0. The molecule has 1 aromatic rings. The minimum Gasteiger partial charge on any atom is -0.391 e. The number of aliphatic imine (C=N–C) groups is 1. The Morgan fingerprint density at radius 2 is 2.23 bits per heavy atom. The normalized spacial score (nSPS) is 20.2. The van der Waals surface area contributed by atoms with E-state index in [0.29, 0.717) is 24.6 Å². The minimum atomic E-state index is -0.903. The Labute approximate surface area is 134 Å². The van der Waals surface area contributed by atoms with Crippen LogP contribution in [0.25, 0.3) is 0 Å². The van der Waals surface area contributed by atoms with E-state index < -0.39 is 10.8 Å². The number of hydrogen-bond donors (Lipinski definition) is 2. The predicted molar refractivity (Wildman–Crippen MR) is 91.3 cm³/mol. The largest absolute Gasteiger partial charge is 0.391 e. The summed E-state index contributed by atoms with van der Waals surface area (Å²) < 4.78 is 12.1. The lowest BCUT2D eigenvalue weighted by Gasteiger charge is -2.20. The number of likely N-dealkylation sites (tertiary alicyclic amines) is 1. The van der Waals surface area contributed by atoms with Gasteiger partial charge in [-0.15, -0.1) is 0 Å². The monoisotopic (exact) mass is 323 g/mol. The Kier molecular flexibility index (Phi) is 6.86. The standard InChI is InChI=1S/C16H25N3O2S/c1-2-17-16(19-10-8-15(20)12-19)18-9-11-22(21)13-14-6-4-3-5-7-14/h3-7,15,20H,2,8-13H2,1H3,(H,17,18)/t15-,22?/m1/s1. The molecule has 0 amide bonds. The average Bonchev–Trinajstić information content (AvgIpc) is 2.94. The number of aliphatic hydroxyl groups excluding tert-OH is 1. The summed E-state index contributed by atoms with van der Waals surface area (Å²) in [7, 11) is -0.903. The zero-order valence-corrected chi connectivity index (χ0v) is 13.9. The fraction of sp³-hybridized carbons (Fsp3) is 0.562. The van der Waals surface area contributed by atoms with Gasteiger partial charge in [-0.05, 0) is 18.9 Å². The van der Waals surface area contributed by atoms with E-state index in [9.17, 15) is 9.32 Å². The minimum absolute atomic E-state index is 0.268. The molecule has 0 aromatic heterocycles. The van der Waals surface area contributed by atoms with Gasteiger partial charge in [-0.2, -0.15) is 0 Å². The fourth-order valence-electron chi connectivity index (χ4n) is 2.45. The van der Waals surface area contributed by atoms with Crippen LogP contribution in [0.3, 0.4) is 0 Å². The van der Waals surface area contributed by atoms with Gasteiger partial charge in [0.1, 0.15) is 0 Å². The number of hydrogen-bond acceptors (Lipinski definition) is 3. The lowest BCUT2D eigenvalue weighted by molar-refractivity contribution is 0.188. The van der Waals surface area contributed by atoms with Gasteiger partial charge in [0.15, 0.2) is 5.96 Å². The second kappa shape index (κ2) is 8.90. The van der Waals surface area contributed by atoms with Crippen molar-refractivity contribution in [2.45, 2.75) is 25.2 Å². The molecule has 0 spiro atoms. The van der Waals surface area contributed by atoms with Crippen LogP contribution in [-0.4, -0.2) is 58.2 Å².